The minimum atomic E-state index is -0.249. The first kappa shape index (κ1) is 14.6. The fraction of sp³-hybridized carbons (Fsp3) is 0.294. The van der Waals surface area contributed by atoms with Crippen LogP contribution in [0.15, 0.2) is 41.6 Å². The Morgan fingerprint density at radius 1 is 1.33 bits per heavy atom. The van der Waals surface area contributed by atoms with Crippen molar-refractivity contribution in [1.82, 2.24) is 19.3 Å². The highest BCUT2D eigenvalue weighted by Crippen LogP contribution is 2.31. The number of benzene rings is 1. The molecule has 2 aromatic heterocycles. The molecule has 0 fully saturated rings. The molecule has 3 aromatic rings. The van der Waals surface area contributed by atoms with Gasteiger partial charge in [-0.25, -0.2) is 4.98 Å². The van der Waals surface area contributed by atoms with E-state index in [4.69, 9.17) is 0 Å². The van der Waals surface area contributed by atoms with E-state index in [9.17, 15) is 9.59 Å². The topological polar surface area (TPSA) is 73.0 Å². The SMILES string of the molecule is CC1Cc2ccccc2N1C(=O)Cn1cnc2c(cnn2C)c1=O. The number of amides is 1. The predicted octanol–water partition coefficient (Wildman–Crippen LogP) is 1.11. The van der Waals surface area contributed by atoms with Gasteiger partial charge in [-0.2, -0.15) is 5.10 Å². The quantitative estimate of drug-likeness (QED) is 0.708. The van der Waals surface area contributed by atoms with Crippen LogP contribution in [-0.2, 0) is 24.8 Å². The van der Waals surface area contributed by atoms with Crippen molar-refractivity contribution in [3.05, 3.63) is 52.7 Å². The number of anilines is 1. The summed E-state index contributed by atoms with van der Waals surface area (Å²) in [7, 11) is 1.73. The Kier molecular flexibility index (Phi) is 3.23. The molecule has 7 nitrogen and oxygen atoms in total. The summed E-state index contributed by atoms with van der Waals surface area (Å²) in [6.45, 7) is 1.98. The van der Waals surface area contributed by atoms with Crippen molar-refractivity contribution in [1.29, 1.82) is 0 Å². The summed E-state index contributed by atoms with van der Waals surface area (Å²) >= 11 is 0. The van der Waals surface area contributed by atoms with E-state index in [1.807, 2.05) is 31.2 Å². The van der Waals surface area contributed by atoms with Crippen LogP contribution < -0.4 is 10.5 Å². The van der Waals surface area contributed by atoms with E-state index < -0.39 is 0 Å². The molecular formula is C17H17N5O2. The third-order valence-corrected chi connectivity index (χ3v) is 4.50. The van der Waals surface area contributed by atoms with Crippen molar-refractivity contribution in [2.75, 3.05) is 4.90 Å². The average molecular weight is 323 g/mol. The van der Waals surface area contributed by atoms with Crippen LogP contribution in [0.5, 0.6) is 0 Å². The van der Waals surface area contributed by atoms with E-state index in [2.05, 4.69) is 10.1 Å². The molecule has 0 bridgehead atoms. The van der Waals surface area contributed by atoms with Crippen LogP contribution in [-0.4, -0.2) is 31.3 Å². The Balaban J connectivity index is 1.68. The molecule has 1 atom stereocenters. The van der Waals surface area contributed by atoms with Gasteiger partial charge in [-0.3, -0.25) is 18.8 Å². The Labute approximate surface area is 138 Å². The zero-order valence-corrected chi connectivity index (χ0v) is 13.5. The second-order valence-electron chi connectivity index (χ2n) is 6.13. The van der Waals surface area contributed by atoms with Gasteiger partial charge in [-0.05, 0) is 25.0 Å². The standard InChI is InChI=1S/C17H17N5O2/c1-11-7-12-5-3-4-6-14(12)22(11)15(23)9-21-10-18-16-13(17(21)24)8-19-20(16)2/h3-6,8,10-11H,7,9H2,1-2H3. The summed E-state index contributed by atoms with van der Waals surface area (Å²) in [6, 6.07) is 7.97. The van der Waals surface area contributed by atoms with Crippen LogP contribution >= 0.6 is 0 Å². The molecule has 1 unspecified atom stereocenters. The molecule has 0 aliphatic carbocycles. The van der Waals surface area contributed by atoms with E-state index in [0.717, 1.165) is 17.7 Å². The van der Waals surface area contributed by atoms with Gasteiger partial charge in [0.25, 0.3) is 5.56 Å². The Morgan fingerprint density at radius 2 is 2.12 bits per heavy atom. The van der Waals surface area contributed by atoms with Crippen LogP contribution in [0.4, 0.5) is 5.69 Å². The first-order valence-corrected chi connectivity index (χ1v) is 7.83. The maximum atomic E-state index is 12.8. The smallest absolute Gasteiger partial charge is 0.264 e. The van der Waals surface area contributed by atoms with Crippen molar-refractivity contribution >= 4 is 22.6 Å². The highest BCUT2D eigenvalue weighted by atomic mass is 16.2. The molecule has 0 saturated heterocycles. The van der Waals surface area contributed by atoms with Crippen molar-refractivity contribution in [2.45, 2.75) is 25.9 Å². The summed E-state index contributed by atoms with van der Waals surface area (Å²) in [6.07, 6.45) is 3.73. The van der Waals surface area contributed by atoms with Crippen LogP contribution in [0.2, 0.25) is 0 Å². The lowest BCUT2D eigenvalue weighted by Gasteiger charge is -2.23. The monoisotopic (exact) mass is 323 g/mol. The maximum absolute atomic E-state index is 12.8. The number of carbonyl (C=O) groups excluding carboxylic acids is 1. The lowest BCUT2D eigenvalue weighted by Crippen LogP contribution is -2.40. The zero-order chi connectivity index (χ0) is 16.8. The second-order valence-corrected chi connectivity index (χ2v) is 6.13. The molecule has 0 radical (unpaired) electrons. The van der Waals surface area contributed by atoms with Gasteiger partial charge < -0.3 is 4.90 Å². The van der Waals surface area contributed by atoms with Crippen molar-refractivity contribution < 1.29 is 4.79 Å². The first-order chi connectivity index (χ1) is 11.6. The largest absolute Gasteiger partial charge is 0.307 e. The van der Waals surface area contributed by atoms with Crippen LogP contribution in [0.3, 0.4) is 0 Å². The molecule has 24 heavy (non-hydrogen) atoms. The van der Waals surface area contributed by atoms with Crippen molar-refractivity contribution in [3.8, 4) is 0 Å². The lowest BCUT2D eigenvalue weighted by atomic mass is 10.1. The number of hydrogen-bond donors (Lipinski definition) is 0. The van der Waals surface area contributed by atoms with Gasteiger partial charge in [0.05, 0.1) is 6.20 Å². The first-order valence-electron chi connectivity index (χ1n) is 7.83. The third-order valence-electron chi connectivity index (χ3n) is 4.50. The van der Waals surface area contributed by atoms with E-state index in [1.165, 1.54) is 17.1 Å². The number of aromatic nitrogens is 4. The molecule has 0 spiro atoms. The molecule has 4 rings (SSSR count). The summed E-state index contributed by atoms with van der Waals surface area (Å²) in [5, 5.41) is 4.46. The normalized spacial score (nSPS) is 16.6. The molecule has 3 heterocycles. The fourth-order valence-electron chi connectivity index (χ4n) is 3.35. The molecular weight excluding hydrogens is 306 g/mol. The van der Waals surface area contributed by atoms with Gasteiger partial charge in [-0.15, -0.1) is 0 Å². The predicted molar refractivity (Wildman–Crippen MR) is 89.9 cm³/mol. The summed E-state index contributed by atoms with van der Waals surface area (Å²) < 4.78 is 2.89. The number of aryl methyl sites for hydroxylation is 1. The Morgan fingerprint density at radius 3 is 2.96 bits per heavy atom. The van der Waals surface area contributed by atoms with Gasteiger partial charge in [0.2, 0.25) is 5.91 Å². The molecule has 0 N–H and O–H groups in total. The molecule has 122 valence electrons. The number of fused-ring (bicyclic) bond motifs is 2. The highest BCUT2D eigenvalue weighted by molar-refractivity contribution is 5.96. The summed E-state index contributed by atoms with van der Waals surface area (Å²) in [4.78, 5) is 31.3. The highest BCUT2D eigenvalue weighted by Gasteiger charge is 2.30. The average Bonchev–Trinajstić information content (AvgIpc) is 3.10. The Hall–Kier alpha value is -2.96. The minimum Gasteiger partial charge on any atom is -0.307 e. The van der Waals surface area contributed by atoms with E-state index in [1.54, 1.807) is 16.6 Å². The van der Waals surface area contributed by atoms with Gasteiger partial charge in [0.15, 0.2) is 5.65 Å². The van der Waals surface area contributed by atoms with Gasteiger partial charge in [0, 0.05) is 18.8 Å². The number of hydrogen-bond acceptors (Lipinski definition) is 4. The molecule has 1 aromatic carbocycles. The summed E-state index contributed by atoms with van der Waals surface area (Å²) in [5.74, 6) is -0.111. The minimum absolute atomic E-state index is 0.0324. The van der Waals surface area contributed by atoms with E-state index in [-0.39, 0.29) is 24.1 Å². The summed E-state index contributed by atoms with van der Waals surface area (Å²) in [5.41, 5.74) is 2.36. The molecule has 1 aliphatic rings. The van der Waals surface area contributed by atoms with Crippen LogP contribution in [0.1, 0.15) is 12.5 Å². The third kappa shape index (κ3) is 2.12. The van der Waals surface area contributed by atoms with Gasteiger partial charge >= 0.3 is 0 Å². The van der Waals surface area contributed by atoms with E-state index >= 15 is 0 Å². The zero-order valence-electron chi connectivity index (χ0n) is 13.5. The van der Waals surface area contributed by atoms with Crippen LogP contribution in [0, 0.1) is 0 Å². The molecule has 7 heteroatoms. The molecule has 0 saturated carbocycles. The van der Waals surface area contributed by atoms with Gasteiger partial charge in [-0.1, -0.05) is 18.2 Å². The fourth-order valence-corrected chi connectivity index (χ4v) is 3.35. The van der Waals surface area contributed by atoms with Crippen molar-refractivity contribution in [3.63, 3.8) is 0 Å². The van der Waals surface area contributed by atoms with Crippen molar-refractivity contribution in [2.24, 2.45) is 7.05 Å². The van der Waals surface area contributed by atoms with E-state index in [0.29, 0.717) is 11.0 Å². The second kappa shape index (κ2) is 5.30. The number of nitrogens with zero attached hydrogens (tertiary/aromatic N) is 5. The number of rotatable bonds is 2. The van der Waals surface area contributed by atoms with Crippen LogP contribution in [0.25, 0.3) is 11.0 Å². The molecule has 1 amide bonds. The maximum Gasteiger partial charge on any atom is 0.264 e. The number of para-hydroxylation sites is 1. The lowest BCUT2D eigenvalue weighted by molar-refractivity contribution is -0.119. The Bertz CT molecular complexity index is 1000. The molecule has 1 aliphatic heterocycles. The number of carbonyl (C=O) groups is 1. The van der Waals surface area contributed by atoms with Gasteiger partial charge in [0.1, 0.15) is 18.3 Å².